The second kappa shape index (κ2) is 5.75. The summed E-state index contributed by atoms with van der Waals surface area (Å²) < 4.78 is 2.03. The molecule has 1 N–H and O–H groups in total. The summed E-state index contributed by atoms with van der Waals surface area (Å²) in [5, 5.41) is 3.34. The summed E-state index contributed by atoms with van der Waals surface area (Å²) in [4.78, 5) is 6.60. The van der Waals surface area contributed by atoms with E-state index in [1.165, 1.54) is 12.8 Å². The Balaban J connectivity index is 2.17. The SMILES string of the molecule is Cc1cn(C)c(NCCCCN(C)C)n1. The summed E-state index contributed by atoms with van der Waals surface area (Å²) in [6, 6.07) is 0. The van der Waals surface area contributed by atoms with Crippen LogP contribution in [0.4, 0.5) is 5.95 Å². The standard InChI is InChI=1S/C11H22N4/c1-10-9-15(4)11(13-10)12-7-5-6-8-14(2)3/h9H,5-8H2,1-4H3,(H,12,13). The first-order valence-corrected chi connectivity index (χ1v) is 5.48. The van der Waals surface area contributed by atoms with Crippen molar-refractivity contribution in [3.05, 3.63) is 11.9 Å². The van der Waals surface area contributed by atoms with Crippen LogP contribution in [0.2, 0.25) is 0 Å². The van der Waals surface area contributed by atoms with Gasteiger partial charge < -0.3 is 14.8 Å². The van der Waals surface area contributed by atoms with E-state index in [0.29, 0.717) is 0 Å². The van der Waals surface area contributed by atoms with Crippen LogP contribution < -0.4 is 5.32 Å². The highest BCUT2D eigenvalue weighted by Crippen LogP contribution is 2.05. The molecule has 0 atom stereocenters. The van der Waals surface area contributed by atoms with Gasteiger partial charge in [-0.3, -0.25) is 0 Å². The van der Waals surface area contributed by atoms with E-state index in [0.717, 1.165) is 24.7 Å². The molecule has 0 aliphatic rings. The molecular formula is C11H22N4. The molecule has 86 valence electrons. The predicted octanol–water partition coefficient (Wildman–Crippen LogP) is 1.48. The average Bonchev–Trinajstić information content (AvgIpc) is 2.44. The molecule has 1 rings (SSSR count). The van der Waals surface area contributed by atoms with E-state index in [1.54, 1.807) is 0 Å². The summed E-state index contributed by atoms with van der Waals surface area (Å²) in [7, 11) is 6.23. The molecule has 1 aromatic heterocycles. The van der Waals surface area contributed by atoms with Crippen molar-refractivity contribution in [2.45, 2.75) is 19.8 Å². The van der Waals surface area contributed by atoms with Gasteiger partial charge in [0.25, 0.3) is 0 Å². The first-order valence-electron chi connectivity index (χ1n) is 5.48. The number of nitrogens with zero attached hydrogens (tertiary/aromatic N) is 3. The highest BCUT2D eigenvalue weighted by molar-refractivity contribution is 5.27. The summed E-state index contributed by atoms with van der Waals surface area (Å²) in [6.45, 7) is 4.16. The molecular weight excluding hydrogens is 188 g/mol. The van der Waals surface area contributed by atoms with Crippen LogP contribution in [-0.2, 0) is 7.05 Å². The molecule has 0 amide bonds. The van der Waals surface area contributed by atoms with Gasteiger partial charge in [-0.1, -0.05) is 0 Å². The second-order valence-electron chi connectivity index (χ2n) is 4.25. The number of aromatic nitrogens is 2. The molecule has 0 saturated carbocycles. The fourth-order valence-electron chi connectivity index (χ4n) is 1.53. The molecule has 0 aliphatic carbocycles. The van der Waals surface area contributed by atoms with Crippen molar-refractivity contribution in [1.82, 2.24) is 14.5 Å². The number of unbranched alkanes of at least 4 members (excludes halogenated alkanes) is 1. The number of anilines is 1. The molecule has 0 bridgehead atoms. The van der Waals surface area contributed by atoms with E-state index in [9.17, 15) is 0 Å². The number of rotatable bonds is 6. The minimum atomic E-state index is 0.970. The van der Waals surface area contributed by atoms with Gasteiger partial charge in [0.2, 0.25) is 5.95 Å². The van der Waals surface area contributed by atoms with Crippen LogP contribution in [0.15, 0.2) is 6.20 Å². The van der Waals surface area contributed by atoms with E-state index in [-0.39, 0.29) is 0 Å². The second-order valence-corrected chi connectivity index (χ2v) is 4.25. The maximum Gasteiger partial charge on any atom is 0.202 e. The van der Waals surface area contributed by atoms with E-state index in [2.05, 4.69) is 29.3 Å². The van der Waals surface area contributed by atoms with Gasteiger partial charge in [0.1, 0.15) is 0 Å². The summed E-state index contributed by atoms with van der Waals surface area (Å²) >= 11 is 0. The Hall–Kier alpha value is -1.03. The third kappa shape index (κ3) is 4.34. The molecule has 1 aromatic rings. The molecule has 0 saturated heterocycles. The number of hydrogen-bond acceptors (Lipinski definition) is 3. The van der Waals surface area contributed by atoms with Crippen molar-refractivity contribution in [3.8, 4) is 0 Å². The van der Waals surface area contributed by atoms with Crippen LogP contribution in [-0.4, -0.2) is 41.6 Å². The van der Waals surface area contributed by atoms with E-state index >= 15 is 0 Å². The van der Waals surface area contributed by atoms with Crippen LogP contribution in [0.3, 0.4) is 0 Å². The fraction of sp³-hybridized carbons (Fsp3) is 0.727. The molecule has 0 fully saturated rings. The summed E-state index contributed by atoms with van der Waals surface area (Å²) in [5.41, 5.74) is 1.06. The van der Waals surface area contributed by atoms with Crippen LogP contribution in [0.25, 0.3) is 0 Å². The zero-order valence-electron chi connectivity index (χ0n) is 10.2. The molecule has 1 heterocycles. The Labute approximate surface area is 92.3 Å². The Bertz CT molecular complexity index is 291. The normalized spacial score (nSPS) is 11.0. The van der Waals surface area contributed by atoms with E-state index in [1.807, 2.05) is 24.7 Å². The predicted molar refractivity (Wildman–Crippen MR) is 64.2 cm³/mol. The maximum atomic E-state index is 4.38. The molecule has 0 spiro atoms. The summed E-state index contributed by atoms with van der Waals surface area (Å²) in [5.74, 6) is 0.970. The van der Waals surface area contributed by atoms with Crippen molar-refractivity contribution >= 4 is 5.95 Å². The van der Waals surface area contributed by atoms with Crippen molar-refractivity contribution in [2.24, 2.45) is 7.05 Å². The average molecular weight is 210 g/mol. The molecule has 0 aromatic carbocycles. The van der Waals surface area contributed by atoms with E-state index < -0.39 is 0 Å². The van der Waals surface area contributed by atoms with Crippen molar-refractivity contribution < 1.29 is 0 Å². The quantitative estimate of drug-likeness (QED) is 0.722. The van der Waals surface area contributed by atoms with Gasteiger partial charge in [0.05, 0.1) is 5.69 Å². The van der Waals surface area contributed by atoms with Gasteiger partial charge in [-0.25, -0.2) is 4.98 Å². The number of hydrogen-bond donors (Lipinski definition) is 1. The zero-order chi connectivity index (χ0) is 11.3. The maximum absolute atomic E-state index is 4.38. The van der Waals surface area contributed by atoms with Gasteiger partial charge >= 0.3 is 0 Å². The minimum Gasteiger partial charge on any atom is -0.356 e. The van der Waals surface area contributed by atoms with Gasteiger partial charge in [-0.2, -0.15) is 0 Å². The molecule has 0 radical (unpaired) electrons. The first-order chi connectivity index (χ1) is 7.09. The number of imidazole rings is 1. The van der Waals surface area contributed by atoms with Crippen molar-refractivity contribution in [1.29, 1.82) is 0 Å². The Morgan fingerprint density at radius 2 is 2.13 bits per heavy atom. The lowest BCUT2D eigenvalue weighted by atomic mass is 10.3. The molecule has 0 unspecified atom stereocenters. The lowest BCUT2D eigenvalue weighted by Crippen LogP contribution is -2.14. The molecule has 4 heteroatoms. The third-order valence-electron chi connectivity index (χ3n) is 2.31. The smallest absolute Gasteiger partial charge is 0.202 e. The Morgan fingerprint density at radius 3 is 2.67 bits per heavy atom. The minimum absolute atomic E-state index is 0.970. The third-order valence-corrected chi connectivity index (χ3v) is 2.31. The van der Waals surface area contributed by atoms with Gasteiger partial charge in [-0.05, 0) is 40.4 Å². The van der Waals surface area contributed by atoms with Crippen molar-refractivity contribution in [2.75, 3.05) is 32.5 Å². The van der Waals surface area contributed by atoms with E-state index in [4.69, 9.17) is 0 Å². The van der Waals surface area contributed by atoms with Crippen LogP contribution in [0.5, 0.6) is 0 Å². The lowest BCUT2D eigenvalue weighted by Gasteiger charge is -2.09. The van der Waals surface area contributed by atoms with Gasteiger partial charge in [-0.15, -0.1) is 0 Å². The monoisotopic (exact) mass is 210 g/mol. The van der Waals surface area contributed by atoms with Crippen molar-refractivity contribution in [3.63, 3.8) is 0 Å². The number of aryl methyl sites for hydroxylation is 2. The van der Waals surface area contributed by atoms with Crippen LogP contribution in [0, 0.1) is 6.92 Å². The molecule has 0 aliphatic heterocycles. The fourth-order valence-corrected chi connectivity index (χ4v) is 1.53. The Kier molecular flexibility index (Phi) is 4.62. The summed E-state index contributed by atoms with van der Waals surface area (Å²) in [6.07, 6.45) is 4.44. The highest BCUT2D eigenvalue weighted by atomic mass is 15.2. The Morgan fingerprint density at radius 1 is 1.40 bits per heavy atom. The zero-order valence-corrected chi connectivity index (χ0v) is 10.2. The largest absolute Gasteiger partial charge is 0.356 e. The lowest BCUT2D eigenvalue weighted by molar-refractivity contribution is 0.396. The molecule has 4 nitrogen and oxygen atoms in total. The first kappa shape index (κ1) is 12.0. The topological polar surface area (TPSA) is 33.1 Å². The van der Waals surface area contributed by atoms with Gasteiger partial charge in [0, 0.05) is 19.8 Å². The van der Waals surface area contributed by atoms with Gasteiger partial charge in [0.15, 0.2) is 0 Å². The van der Waals surface area contributed by atoms with Crippen LogP contribution >= 0.6 is 0 Å². The molecule has 15 heavy (non-hydrogen) atoms. The highest BCUT2D eigenvalue weighted by Gasteiger charge is 2.00. The van der Waals surface area contributed by atoms with Crippen LogP contribution in [0.1, 0.15) is 18.5 Å². The number of nitrogens with one attached hydrogen (secondary N) is 1.